The van der Waals surface area contributed by atoms with Crippen molar-refractivity contribution in [1.82, 2.24) is 25.5 Å². The molecule has 1 heterocycles. The van der Waals surface area contributed by atoms with Crippen molar-refractivity contribution in [2.24, 2.45) is 0 Å². The van der Waals surface area contributed by atoms with Crippen molar-refractivity contribution in [3.8, 4) is 17.1 Å². The first-order valence-corrected chi connectivity index (χ1v) is 6.13. The van der Waals surface area contributed by atoms with Gasteiger partial charge in [0.2, 0.25) is 11.7 Å². The number of nitrogens with zero attached hydrogens (tertiary/aromatic N) is 4. The van der Waals surface area contributed by atoms with Gasteiger partial charge in [-0.05, 0) is 17.3 Å². The molecule has 0 fully saturated rings. The number of ether oxygens (including phenoxy) is 1. The van der Waals surface area contributed by atoms with Gasteiger partial charge >= 0.3 is 6.18 Å². The molecule has 0 radical (unpaired) electrons. The molecule has 1 N–H and O–H groups in total. The van der Waals surface area contributed by atoms with Crippen LogP contribution in [-0.4, -0.2) is 45.9 Å². The minimum atomic E-state index is -4.46. The van der Waals surface area contributed by atoms with E-state index in [0.29, 0.717) is 11.3 Å². The Morgan fingerprint density at radius 2 is 2.18 bits per heavy atom. The molecule has 0 spiro atoms. The van der Waals surface area contributed by atoms with Crippen molar-refractivity contribution in [1.29, 1.82) is 0 Å². The van der Waals surface area contributed by atoms with Gasteiger partial charge < -0.3 is 10.1 Å². The van der Waals surface area contributed by atoms with Gasteiger partial charge in [0.05, 0.1) is 7.11 Å². The van der Waals surface area contributed by atoms with Crippen molar-refractivity contribution in [2.75, 3.05) is 13.7 Å². The van der Waals surface area contributed by atoms with Crippen molar-refractivity contribution in [3.63, 3.8) is 0 Å². The predicted octanol–water partition coefficient (Wildman–Crippen LogP) is 1.03. The molecule has 0 saturated carbocycles. The van der Waals surface area contributed by atoms with Gasteiger partial charge in [-0.15, -0.1) is 10.2 Å². The maximum absolute atomic E-state index is 12.0. The third kappa shape index (κ3) is 4.43. The van der Waals surface area contributed by atoms with E-state index in [2.05, 4.69) is 15.4 Å². The molecule has 0 saturated heterocycles. The lowest BCUT2D eigenvalue weighted by Gasteiger charge is -2.07. The maximum atomic E-state index is 12.0. The van der Waals surface area contributed by atoms with E-state index in [9.17, 15) is 18.0 Å². The van der Waals surface area contributed by atoms with Crippen LogP contribution in [0.4, 0.5) is 13.2 Å². The predicted molar refractivity (Wildman–Crippen MR) is 68.9 cm³/mol. The molecular formula is C12H12F3N5O2. The fraction of sp³-hybridized carbons (Fsp3) is 0.333. The summed E-state index contributed by atoms with van der Waals surface area (Å²) >= 11 is 0. The maximum Gasteiger partial charge on any atom is 0.405 e. The Kier molecular flexibility index (Phi) is 4.59. The Hall–Kier alpha value is -2.65. The van der Waals surface area contributed by atoms with E-state index in [1.54, 1.807) is 29.6 Å². The number of hydrogen-bond donors (Lipinski definition) is 1. The Balaban J connectivity index is 2.00. The molecule has 0 aliphatic carbocycles. The zero-order chi connectivity index (χ0) is 16.2. The van der Waals surface area contributed by atoms with Crippen LogP contribution in [0.5, 0.6) is 5.75 Å². The quantitative estimate of drug-likeness (QED) is 0.891. The van der Waals surface area contributed by atoms with Crippen LogP contribution < -0.4 is 10.1 Å². The molecular weight excluding hydrogens is 303 g/mol. The average Bonchev–Trinajstić information content (AvgIpc) is 2.93. The zero-order valence-corrected chi connectivity index (χ0v) is 11.5. The highest BCUT2D eigenvalue weighted by molar-refractivity contribution is 5.75. The number of methoxy groups -OCH3 is 1. The number of halogens is 3. The van der Waals surface area contributed by atoms with Crippen LogP contribution in [0.2, 0.25) is 0 Å². The van der Waals surface area contributed by atoms with E-state index in [4.69, 9.17) is 4.74 Å². The first-order chi connectivity index (χ1) is 10.4. The highest BCUT2D eigenvalue weighted by Crippen LogP contribution is 2.19. The SMILES string of the molecule is COc1cccc(-c2nnn(CC(=O)NCC(F)(F)F)n2)c1. The second-order valence-corrected chi connectivity index (χ2v) is 4.27. The fourth-order valence-electron chi connectivity index (χ4n) is 1.57. The third-order valence-corrected chi connectivity index (χ3v) is 2.55. The Labute approximate surface area is 123 Å². The Morgan fingerprint density at radius 3 is 2.86 bits per heavy atom. The van der Waals surface area contributed by atoms with Crippen LogP contribution in [0.3, 0.4) is 0 Å². The van der Waals surface area contributed by atoms with Crippen molar-refractivity contribution < 1.29 is 22.7 Å². The molecule has 0 aliphatic rings. The highest BCUT2D eigenvalue weighted by atomic mass is 19.4. The number of hydrogen-bond acceptors (Lipinski definition) is 5. The van der Waals surface area contributed by atoms with Gasteiger partial charge in [0, 0.05) is 5.56 Å². The molecule has 1 aromatic heterocycles. The minimum absolute atomic E-state index is 0.238. The summed E-state index contributed by atoms with van der Waals surface area (Å²) in [5, 5.41) is 13.0. The summed E-state index contributed by atoms with van der Waals surface area (Å²) in [6.45, 7) is -1.85. The lowest BCUT2D eigenvalue weighted by atomic mass is 10.2. The molecule has 1 amide bonds. The van der Waals surface area contributed by atoms with E-state index in [1.807, 2.05) is 0 Å². The monoisotopic (exact) mass is 315 g/mol. The number of nitrogens with one attached hydrogen (secondary N) is 1. The minimum Gasteiger partial charge on any atom is -0.497 e. The topological polar surface area (TPSA) is 81.9 Å². The summed E-state index contributed by atoms with van der Waals surface area (Å²) in [6, 6.07) is 6.85. The highest BCUT2D eigenvalue weighted by Gasteiger charge is 2.27. The Bertz CT molecular complexity index is 656. The molecule has 0 bridgehead atoms. The van der Waals surface area contributed by atoms with E-state index in [-0.39, 0.29) is 5.82 Å². The zero-order valence-electron chi connectivity index (χ0n) is 11.5. The van der Waals surface area contributed by atoms with Gasteiger partial charge in [0.15, 0.2) is 0 Å². The first-order valence-electron chi connectivity index (χ1n) is 6.13. The van der Waals surface area contributed by atoms with Gasteiger partial charge in [0.1, 0.15) is 18.8 Å². The van der Waals surface area contributed by atoms with Crippen molar-refractivity contribution in [3.05, 3.63) is 24.3 Å². The molecule has 0 aliphatic heterocycles. The molecule has 2 aromatic rings. The number of tetrazole rings is 1. The van der Waals surface area contributed by atoms with Gasteiger partial charge in [-0.1, -0.05) is 12.1 Å². The van der Waals surface area contributed by atoms with Gasteiger partial charge in [0.25, 0.3) is 0 Å². The van der Waals surface area contributed by atoms with Crippen molar-refractivity contribution >= 4 is 5.91 Å². The van der Waals surface area contributed by atoms with Crippen LogP contribution in [0.15, 0.2) is 24.3 Å². The summed E-state index contributed by atoms with van der Waals surface area (Å²) in [7, 11) is 1.51. The summed E-state index contributed by atoms with van der Waals surface area (Å²) in [6.07, 6.45) is -4.46. The first kappa shape index (κ1) is 15.7. The van der Waals surface area contributed by atoms with Crippen LogP contribution in [0, 0.1) is 0 Å². The molecule has 22 heavy (non-hydrogen) atoms. The summed E-state index contributed by atoms with van der Waals surface area (Å²) in [5.74, 6) is -0.0220. The molecule has 7 nitrogen and oxygen atoms in total. The van der Waals surface area contributed by atoms with Crippen LogP contribution in [-0.2, 0) is 11.3 Å². The van der Waals surface area contributed by atoms with Crippen LogP contribution in [0.25, 0.3) is 11.4 Å². The Morgan fingerprint density at radius 1 is 1.41 bits per heavy atom. The van der Waals surface area contributed by atoms with Gasteiger partial charge in [-0.2, -0.15) is 18.0 Å². The number of alkyl halides is 3. The van der Waals surface area contributed by atoms with Crippen LogP contribution in [0.1, 0.15) is 0 Å². The smallest absolute Gasteiger partial charge is 0.405 e. The summed E-state index contributed by atoms with van der Waals surface area (Å²) in [5.41, 5.74) is 0.612. The molecule has 2 rings (SSSR count). The van der Waals surface area contributed by atoms with Crippen molar-refractivity contribution in [2.45, 2.75) is 12.7 Å². The van der Waals surface area contributed by atoms with E-state index < -0.39 is 25.2 Å². The third-order valence-electron chi connectivity index (χ3n) is 2.55. The number of carbonyl (C=O) groups is 1. The number of carbonyl (C=O) groups excluding carboxylic acids is 1. The van der Waals surface area contributed by atoms with E-state index in [1.165, 1.54) is 7.11 Å². The largest absolute Gasteiger partial charge is 0.497 e. The standard InChI is InChI=1S/C12H12F3N5O2/c1-22-9-4-2-3-8(5-9)11-17-19-20(18-11)6-10(21)16-7-12(13,14)15/h2-5H,6-7H2,1H3,(H,16,21). The molecule has 10 heteroatoms. The van der Waals surface area contributed by atoms with Gasteiger partial charge in [-0.25, -0.2) is 0 Å². The molecule has 1 aromatic carbocycles. The summed E-state index contributed by atoms with van der Waals surface area (Å²) < 4.78 is 41.0. The number of aromatic nitrogens is 4. The molecule has 0 atom stereocenters. The van der Waals surface area contributed by atoms with E-state index in [0.717, 1.165) is 4.80 Å². The lowest BCUT2D eigenvalue weighted by Crippen LogP contribution is -2.36. The van der Waals surface area contributed by atoms with Gasteiger partial charge in [-0.3, -0.25) is 4.79 Å². The summed E-state index contributed by atoms with van der Waals surface area (Å²) in [4.78, 5) is 12.3. The van der Waals surface area contributed by atoms with E-state index >= 15 is 0 Å². The van der Waals surface area contributed by atoms with Crippen LogP contribution >= 0.6 is 0 Å². The second kappa shape index (κ2) is 6.41. The normalized spacial score (nSPS) is 11.3. The average molecular weight is 315 g/mol. The number of amides is 1. The number of benzene rings is 1. The lowest BCUT2D eigenvalue weighted by molar-refractivity contribution is -0.139. The molecule has 0 unspecified atom stereocenters. The number of rotatable bonds is 5. The molecule has 118 valence electrons. The fourth-order valence-corrected chi connectivity index (χ4v) is 1.57. The second-order valence-electron chi connectivity index (χ2n) is 4.27.